The van der Waals surface area contributed by atoms with Crippen LogP contribution in [0.15, 0.2) is 21.5 Å². The molecule has 1 aliphatic carbocycles. The zero-order chi connectivity index (χ0) is 12.6. The first-order valence-corrected chi connectivity index (χ1v) is 10.7. The minimum absolute atomic E-state index is 0.411. The van der Waals surface area contributed by atoms with Crippen molar-refractivity contribution in [2.75, 3.05) is 23.0 Å². The van der Waals surface area contributed by atoms with E-state index >= 15 is 0 Å². The molecule has 1 spiro atoms. The highest BCUT2D eigenvalue weighted by molar-refractivity contribution is 8.23. The molecule has 0 nitrogen and oxygen atoms in total. The van der Waals surface area contributed by atoms with Gasteiger partial charge in [-0.3, -0.25) is 0 Å². The molecule has 0 N–H and O–H groups in total. The first kappa shape index (κ1) is 13.8. The van der Waals surface area contributed by atoms with Crippen LogP contribution in [0.2, 0.25) is 0 Å². The number of hydrogen-bond acceptors (Lipinski definition) is 4. The summed E-state index contributed by atoms with van der Waals surface area (Å²) in [7, 11) is 0. The minimum atomic E-state index is 0.411. The van der Waals surface area contributed by atoms with E-state index in [2.05, 4.69) is 67.0 Å². The van der Waals surface area contributed by atoms with Gasteiger partial charge in [0.2, 0.25) is 0 Å². The van der Waals surface area contributed by atoms with Crippen molar-refractivity contribution in [3.8, 4) is 0 Å². The minimum Gasteiger partial charge on any atom is -0.139 e. The smallest absolute Gasteiger partial charge is 0.0926 e. The van der Waals surface area contributed by atoms with Crippen molar-refractivity contribution in [3.63, 3.8) is 0 Å². The molecule has 2 saturated heterocycles. The summed E-state index contributed by atoms with van der Waals surface area (Å²) in [6, 6.07) is 0. The molecule has 3 fully saturated rings. The maximum Gasteiger partial charge on any atom is 0.0926 e. The number of rotatable bonds is 0. The first-order chi connectivity index (χ1) is 8.79. The number of hydrogen-bond donors (Lipinski definition) is 0. The molecule has 1 saturated carbocycles. The van der Waals surface area contributed by atoms with Gasteiger partial charge in [0.1, 0.15) is 0 Å². The van der Waals surface area contributed by atoms with Gasteiger partial charge in [-0.1, -0.05) is 13.0 Å². The van der Waals surface area contributed by atoms with Crippen LogP contribution in [0.1, 0.15) is 26.7 Å². The summed E-state index contributed by atoms with van der Waals surface area (Å²) in [4.78, 5) is 0. The zero-order valence-corrected chi connectivity index (χ0v) is 14.3. The molecule has 2 aliphatic heterocycles. The number of allylic oxidation sites excluding steroid dienone is 2. The van der Waals surface area contributed by atoms with E-state index in [0.29, 0.717) is 4.08 Å². The van der Waals surface area contributed by atoms with Crippen LogP contribution in [-0.4, -0.2) is 27.1 Å². The van der Waals surface area contributed by atoms with Crippen LogP contribution < -0.4 is 0 Å². The second-order valence-electron chi connectivity index (χ2n) is 4.89. The first-order valence-electron chi connectivity index (χ1n) is 6.74. The Morgan fingerprint density at radius 1 is 1.06 bits per heavy atom. The second kappa shape index (κ2) is 5.71. The second-order valence-corrected chi connectivity index (χ2v) is 10.3. The van der Waals surface area contributed by atoms with Gasteiger partial charge >= 0.3 is 0 Å². The molecule has 0 aromatic heterocycles. The summed E-state index contributed by atoms with van der Waals surface area (Å²) in [5.41, 5.74) is 3.34. The van der Waals surface area contributed by atoms with Crippen molar-refractivity contribution >= 4 is 47.0 Å². The van der Waals surface area contributed by atoms with Gasteiger partial charge in [-0.2, -0.15) is 0 Å². The summed E-state index contributed by atoms with van der Waals surface area (Å²) in [5, 5.41) is 0. The summed E-state index contributed by atoms with van der Waals surface area (Å²) in [6.45, 7) is 4.69. The Kier molecular flexibility index (Phi) is 4.39. The Hall–Kier alpha value is 0.880. The van der Waals surface area contributed by atoms with Crippen molar-refractivity contribution in [1.29, 1.82) is 0 Å². The zero-order valence-electron chi connectivity index (χ0n) is 11.0. The van der Waals surface area contributed by atoms with Gasteiger partial charge in [0, 0.05) is 10.2 Å². The third-order valence-corrected chi connectivity index (χ3v) is 10.2. The fourth-order valence-corrected chi connectivity index (χ4v) is 9.50. The van der Waals surface area contributed by atoms with Gasteiger partial charge in [0.05, 0.1) is 4.08 Å². The van der Waals surface area contributed by atoms with Crippen LogP contribution in [0, 0.1) is 5.92 Å². The van der Waals surface area contributed by atoms with Gasteiger partial charge in [-0.15, -0.1) is 47.0 Å². The predicted octanol–water partition coefficient (Wildman–Crippen LogP) is 5.23. The van der Waals surface area contributed by atoms with Crippen molar-refractivity contribution in [3.05, 3.63) is 21.5 Å². The lowest BCUT2D eigenvalue weighted by Crippen LogP contribution is -2.47. The molecule has 0 amide bonds. The highest BCUT2D eigenvalue weighted by Gasteiger charge is 2.55. The Bertz CT molecular complexity index is 383. The highest BCUT2D eigenvalue weighted by Crippen LogP contribution is 2.66. The van der Waals surface area contributed by atoms with Crippen LogP contribution in [0.3, 0.4) is 0 Å². The summed E-state index contributed by atoms with van der Waals surface area (Å²) in [6.07, 6.45) is 5.15. The maximum atomic E-state index is 2.45. The van der Waals surface area contributed by atoms with E-state index in [0.717, 1.165) is 5.92 Å². The van der Waals surface area contributed by atoms with Crippen molar-refractivity contribution in [2.45, 2.75) is 30.8 Å². The van der Waals surface area contributed by atoms with Crippen molar-refractivity contribution in [1.82, 2.24) is 0 Å². The monoisotopic (exact) mass is 316 g/mol. The van der Waals surface area contributed by atoms with E-state index in [1.54, 1.807) is 15.4 Å². The highest BCUT2D eigenvalue weighted by atomic mass is 32.2. The van der Waals surface area contributed by atoms with Gasteiger partial charge < -0.3 is 0 Å². The molecule has 0 aromatic rings. The lowest BCUT2D eigenvalue weighted by atomic mass is 9.75. The lowest BCUT2D eigenvalue weighted by Gasteiger charge is -2.54. The molecular weight excluding hydrogens is 296 g/mol. The average molecular weight is 317 g/mol. The van der Waals surface area contributed by atoms with Crippen LogP contribution in [-0.2, 0) is 0 Å². The van der Waals surface area contributed by atoms with E-state index in [1.165, 1.54) is 35.9 Å². The predicted molar refractivity (Wildman–Crippen MR) is 91.7 cm³/mol. The van der Waals surface area contributed by atoms with Gasteiger partial charge in [-0.25, -0.2) is 0 Å². The fraction of sp³-hybridized carbons (Fsp3) is 0.714. The molecule has 0 bridgehead atoms. The van der Waals surface area contributed by atoms with E-state index in [4.69, 9.17) is 0 Å². The summed E-state index contributed by atoms with van der Waals surface area (Å²) >= 11 is 8.61. The molecule has 0 radical (unpaired) electrons. The largest absolute Gasteiger partial charge is 0.139 e. The van der Waals surface area contributed by atoms with E-state index in [9.17, 15) is 0 Å². The standard InChI is InChI=1S/C14H20S4/c1-3-11-12(13-15-6-4-7-16-13)10(2)14(11)17-8-5-9-18-14/h3,10H,4-9H2,1-2H3/b11-3-. The topological polar surface area (TPSA) is 0 Å². The van der Waals surface area contributed by atoms with Crippen molar-refractivity contribution in [2.24, 2.45) is 5.92 Å². The Morgan fingerprint density at radius 3 is 2.28 bits per heavy atom. The fourth-order valence-electron chi connectivity index (χ4n) is 2.95. The summed E-state index contributed by atoms with van der Waals surface area (Å²) < 4.78 is 2.05. The van der Waals surface area contributed by atoms with Gasteiger partial charge in [0.25, 0.3) is 0 Å². The molecule has 100 valence electrons. The number of thioether (sulfide) groups is 4. The van der Waals surface area contributed by atoms with E-state index in [1.807, 2.05) is 0 Å². The van der Waals surface area contributed by atoms with Gasteiger partial charge in [-0.05, 0) is 53.9 Å². The summed E-state index contributed by atoms with van der Waals surface area (Å²) in [5.74, 6) is 6.08. The molecule has 3 rings (SSSR count). The molecule has 18 heavy (non-hydrogen) atoms. The average Bonchev–Trinajstić information content (AvgIpc) is 2.45. The van der Waals surface area contributed by atoms with Gasteiger partial charge in [0.15, 0.2) is 0 Å². The van der Waals surface area contributed by atoms with Crippen molar-refractivity contribution < 1.29 is 0 Å². The molecule has 3 aliphatic rings. The SMILES string of the molecule is C/C=C1/C(=C2SCCCS2)C(C)C12SCCCS2. The third-order valence-electron chi connectivity index (χ3n) is 3.85. The Morgan fingerprint density at radius 2 is 1.67 bits per heavy atom. The normalized spacial score (nSPS) is 33.9. The van der Waals surface area contributed by atoms with Crippen LogP contribution in [0.4, 0.5) is 0 Å². The van der Waals surface area contributed by atoms with E-state index < -0.39 is 0 Å². The molecule has 1 unspecified atom stereocenters. The molecule has 0 aromatic carbocycles. The maximum absolute atomic E-state index is 2.45. The Balaban J connectivity index is 1.90. The van der Waals surface area contributed by atoms with Crippen LogP contribution >= 0.6 is 47.0 Å². The quantitative estimate of drug-likeness (QED) is 0.600. The molecule has 1 atom stereocenters. The Labute approximate surface area is 128 Å². The van der Waals surface area contributed by atoms with E-state index in [-0.39, 0.29) is 0 Å². The molecular formula is C14H20S4. The molecule has 2 heterocycles. The van der Waals surface area contributed by atoms with Crippen LogP contribution in [0.5, 0.6) is 0 Å². The third kappa shape index (κ3) is 2.11. The van der Waals surface area contributed by atoms with Crippen LogP contribution in [0.25, 0.3) is 0 Å². The molecule has 4 heteroatoms. The lowest BCUT2D eigenvalue weighted by molar-refractivity contribution is 0.566.